The molecule has 0 aliphatic carbocycles. The van der Waals surface area contributed by atoms with Gasteiger partial charge in [0.2, 0.25) is 0 Å². The van der Waals surface area contributed by atoms with Crippen LogP contribution in [0.15, 0.2) is 72.8 Å². The first-order chi connectivity index (χ1) is 16.5. The fourth-order valence-electron chi connectivity index (χ4n) is 3.89. The van der Waals surface area contributed by atoms with E-state index < -0.39 is 0 Å². The van der Waals surface area contributed by atoms with Gasteiger partial charge >= 0.3 is 0 Å². The molecule has 1 aliphatic heterocycles. The first-order valence-electron chi connectivity index (χ1n) is 11.1. The second-order valence-corrected chi connectivity index (χ2v) is 9.34. The van der Waals surface area contributed by atoms with E-state index in [2.05, 4.69) is 52.8 Å². The van der Waals surface area contributed by atoms with Gasteiger partial charge in [0.1, 0.15) is 0 Å². The zero-order valence-corrected chi connectivity index (χ0v) is 22.6. The molecule has 0 bridgehead atoms. The van der Waals surface area contributed by atoms with Gasteiger partial charge in [0.05, 0.1) is 5.69 Å². The molecule has 0 unspecified atom stereocenters. The van der Waals surface area contributed by atoms with E-state index in [0.29, 0.717) is 5.92 Å². The third kappa shape index (κ3) is 7.95. The summed E-state index contributed by atoms with van der Waals surface area (Å²) in [5, 5.41) is 18.1. The molecule has 3 aromatic carbocycles. The largest absolute Gasteiger partial charge is 0.800 e. The van der Waals surface area contributed by atoms with E-state index in [0.717, 1.165) is 48.2 Å². The normalized spacial score (nSPS) is 13.7. The Kier molecular flexibility index (Phi) is 10.4. The van der Waals surface area contributed by atoms with Gasteiger partial charge in [-0.2, -0.15) is 0 Å². The van der Waals surface area contributed by atoms with Crippen LogP contribution in [0.25, 0.3) is 0 Å². The Morgan fingerprint density at radius 1 is 0.686 bits per heavy atom. The molecule has 4 nitrogen and oxygen atoms in total. The minimum Gasteiger partial charge on any atom is -0.800 e. The van der Waals surface area contributed by atoms with Crippen molar-refractivity contribution in [2.75, 3.05) is 18.3 Å². The summed E-state index contributed by atoms with van der Waals surface area (Å²) in [6.07, 6.45) is 2.19. The maximum absolute atomic E-state index is 8.99. The minimum absolute atomic E-state index is 0. The summed E-state index contributed by atoms with van der Waals surface area (Å²) in [5.41, 5.74) is 5.23. The average molecular weight is 682 g/mol. The molecule has 0 atom stereocenters. The second-order valence-electron chi connectivity index (χ2n) is 8.15. The quantitative estimate of drug-likeness (QED) is 0.182. The molecule has 1 fully saturated rings. The van der Waals surface area contributed by atoms with Crippen molar-refractivity contribution in [2.45, 2.75) is 23.5 Å². The van der Waals surface area contributed by atoms with Crippen molar-refractivity contribution >= 4 is 30.9 Å². The smallest absolute Gasteiger partial charge is 0.0943 e. The van der Waals surface area contributed by atoms with E-state index in [1.807, 2.05) is 24.3 Å². The summed E-state index contributed by atoms with van der Waals surface area (Å²) >= 11 is 10.4. The Morgan fingerprint density at radius 2 is 1.06 bits per heavy atom. The van der Waals surface area contributed by atoms with Crippen molar-refractivity contribution in [2.24, 2.45) is 0 Å². The van der Waals surface area contributed by atoms with Crippen LogP contribution in [0.2, 0.25) is 0 Å². The van der Waals surface area contributed by atoms with E-state index in [-0.39, 0.29) is 38.0 Å². The predicted octanol–water partition coefficient (Wildman–Crippen LogP) is 4.63. The Labute approximate surface area is 233 Å². The predicted molar refractivity (Wildman–Crippen MR) is 139 cm³/mol. The van der Waals surface area contributed by atoms with Crippen molar-refractivity contribution in [1.82, 2.24) is 4.90 Å². The second kappa shape index (κ2) is 13.3. The van der Waals surface area contributed by atoms with Gasteiger partial charge in [0.15, 0.2) is 0 Å². The number of hydrogen-bond acceptors (Lipinski definition) is 6. The topological polar surface area (TPSA) is 46.9 Å². The first kappa shape index (κ1) is 27.5. The summed E-state index contributed by atoms with van der Waals surface area (Å²) in [5.74, 6) is 13.2. The molecule has 2 N–H and O–H groups in total. The molecule has 1 aliphatic rings. The number of rotatable bonds is 3. The Bertz CT molecular complexity index is 1210. The van der Waals surface area contributed by atoms with Gasteiger partial charge in [0.25, 0.3) is 0 Å². The van der Waals surface area contributed by atoms with Gasteiger partial charge in [-0.05, 0) is 98.1 Å². The molecular weight excluding hydrogens is 657 g/mol. The van der Waals surface area contributed by atoms with E-state index in [4.69, 9.17) is 35.7 Å². The molecule has 1 radical (unpaired) electrons. The number of benzene rings is 3. The van der Waals surface area contributed by atoms with E-state index in [1.54, 1.807) is 24.3 Å². The zero-order valence-electron chi connectivity index (χ0n) is 18.8. The molecule has 183 valence electrons. The van der Waals surface area contributed by atoms with Gasteiger partial charge in [-0.15, -0.1) is 5.23 Å². The average Bonchev–Trinajstić information content (AvgIpc) is 2.87. The summed E-state index contributed by atoms with van der Waals surface area (Å²) in [6.45, 7) is 1.95. The van der Waals surface area contributed by atoms with Crippen LogP contribution in [0.3, 0.4) is 0 Å². The Balaban J connectivity index is 0.00000342. The van der Waals surface area contributed by atoms with Crippen LogP contribution in [-0.2, 0) is 47.6 Å². The van der Waals surface area contributed by atoms with Crippen LogP contribution in [0, 0.1) is 23.7 Å². The molecule has 1 heterocycles. The Morgan fingerprint density at radius 3 is 1.43 bits per heavy atom. The molecule has 0 spiro atoms. The van der Waals surface area contributed by atoms with Crippen molar-refractivity contribution in [1.29, 1.82) is 0 Å². The summed E-state index contributed by atoms with van der Waals surface area (Å²) in [7, 11) is 0. The molecule has 35 heavy (non-hydrogen) atoms. The molecule has 0 saturated carbocycles. The summed E-state index contributed by atoms with van der Waals surface area (Å²) < 4.78 is -0.196. The van der Waals surface area contributed by atoms with Crippen LogP contribution in [-0.4, -0.2) is 33.1 Å². The molecule has 3 aromatic rings. The molecular formula is C28H24AuN2O2S2-2. The van der Waals surface area contributed by atoms with Crippen molar-refractivity contribution in [3.63, 3.8) is 0 Å². The van der Waals surface area contributed by atoms with Gasteiger partial charge < -0.3 is 30.2 Å². The van der Waals surface area contributed by atoms with E-state index in [9.17, 15) is 0 Å². The van der Waals surface area contributed by atoms with E-state index >= 15 is 0 Å². The fraction of sp³-hybridized carbons (Fsp3) is 0.214. The van der Waals surface area contributed by atoms with Crippen LogP contribution in [0.1, 0.15) is 46.6 Å². The minimum atomic E-state index is -0.196. The molecule has 0 amide bonds. The standard InChI is InChI=1S/C28H26N2O2S2.Au/c31-30(32)27-15-11-24(12-16-27)8-6-22-3-1-21(2-4-22)5-7-23-9-13-25(14-10-23)26-17-19-29(20-18-26)28(33)34;/h1-4,9-16,26,28,31-34H,17-20H2;/p-2. The monoisotopic (exact) mass is 681 g/mol. The van der Waals surface area contributed by atoms with Crippen molar-refractivity contribution in [3.05, 3.63) is 101 Å². The van der Waals surface area contributed by atoms with Gasteiger partial charge in [-0.3, -0.25) is 10.4 Å². The van der Waals surface area contributed by atoms with Gasteiger partial charge in [0, 0.05) is 44.6 Å². The molecule has 1 saturated heterocycles. The first-order valence-corrected chi connectivity index (χ1v) is 12.0. The van der Waals surface area contributed by atoms with Crippen LogP contribution in [0.4, 0.5) is 5.69 Å². The SMILES string of the molecule is ON(O)c1ccc(C#Cc2ccc(C#Cc3ccc(C4CCN(C([S-])[S-])CC4)cc3)cc2)cc1.[Au]. The maximum atomic E-state index is 8.99. The molecule has 4 rings (SSSR count). The fourth-order valence-corrected chi connectivity index (χ4v) is 4.31. The van der Waals surface area contributed by atoms with Gasteiger partial charge in [-0.1, -0.05) is 35.8 Å². The Hall–Kier alpha value is -2.10. The third-order valence-electron chi connectivity index (χ3n) is 5.90. The molecule has 0 aromatic heterocycles. The van der Waals surface area contributed by atoms with Crippen LogP contribution < -0.4 is 5.23 Å². The maximum Gasteiger partial charge on any atom is 0.0943 e. The van der Waals surface area contributed by atoms with E-state index in [1.165, 1.54) is 5.56 Å². The number of anilines is 1. The molecule has 7 heteroatoms. The van der Waals surface area contributed by atoms with Crippen LogP contribution in [0.5, 0.6) is 0 Å². The van der Waals surface area contributed by atoms with Crippen LogP contribution >= 0.6 is 0 Å². The van der Waals surface area contributed by atoms with Crippen molar-refractivity contribution < 1.29 is 32.8 Å². The number of likely N-dealkylation sites (tertiary alicyclic amines) is 1. The van der Waals surface area contributed by atoms with Gasteiger partial charge in [-0.25, -0.2) is 4.71 Å². The van der Waals surface area contributed by atoms with Crippen molar-refractivity contribution in [3.8, 4) is 23.7 Å². The number of piperidine rings is 1. The number of nitrogens with zero attached hydrogens (tertiary/aromatic N) is 2. The third-order valence-corrected chi connectivity index (χ3v) is 6.49. The summed E-state index contributed by atoms with van der Waals surface area (Å²) in [4.78, 5) is 2.19. The zero-order chi connectivity index (χ0) is 23.9. The summed E-state index contributed by atoms with van der Waals surface area (Å²) in [6, 6.07) is 23.0. The number of hydrogen-bond donors (Lipinski definition) is 2.